The van der Waals surface area contributed by atoms with E-state index in [0.29, 0.717) is 22.6 Å². The molecular formula is C111H120F12N12O6S3. The van der Waals surface area contributed by atoms with Crippen molar-refractivity contribution in [2.45, 2.75) is 197 Å². The van der Waals surface area contributed by atoms with Crippen LogP contribution in [0.4, 0.5) is 52.7 Å². The van der Waals surface area contributed by atoms with Gasteiger partial charge in [0.25, 0.3) is 16.7 Å². The number of amides is 3. The average Bonchev–Trinajstić information content (AvgIpc) is 1.51. The first-order valence-corrected chi connectivity index (χ1v) is 46.2. The Morgan fingerprint density at radius 2 is 0.701 bits per heavy atom. The van der Waals surface area contributed by atoms with Crippen LogP contribution in [0.3, 0.4) is 0 Å². The first-order valence-electron chi connectivity index (χ1n) is 68.3. The van der Waals surface area contributed by atoms with E-state index in [4.69, 9.17) is 50.7 Å². The summed E-state index contributed by atoms with van der Waals surface area (Å²) in [6, 6.07) is 1.58. The second kappa shape index (κ2) is 50.3. The second-order valence-corrected chi connectivity index (χ2v) is 33.2. The summed E-state index contributed by atoms with van der Waals surface area (Å²) >= 11 is -0.0571. The van der Waals surface area contributed by atoms with Gasteiger partial charge in [0.1, 0.15) is 36.9 Å². The molecule has 3 amide bonds. The number of hydrogen-bond donors (Lipinski definition) is 0. The third-order valence-electron chi connectivity index (χ3n) is 21.0. The quantitative estimate of drug-likeness (QED) is 0.0202. The SMILES string of the molecule is [2H]C([2H])(Sc1nc(=O)c2c(n1C([2H])([2H])C(=O)N(Cc1ccc(-c3ccc(C(F)(F)F)cc3)cc1)C([2H])([2H])C([2H])([2H])N(CC)CC)C([2H])([2H])C([2H])(C)C2([2H])[2H])c1ccc(F)cc1.[2H]c1c([2H])c(-c2c([2H])c([2H])c(C(F)(F)F)c(C)c2[2H])c([2H])c([2H])c1CN(C(=O)C([2H])([2H])n1c(SC([2H])([2H])c2ccc(F)cc2)nc(=O)c2c1CCC2)C([2H])([2H])C([2H])([2H])N(CC)CC.[2H]c1c([2H])c(-c2c([2H])c([2H])c(C(F)(F)F)c([2H])c2[2H])c([2H])c([2H])c1CN(C(=O)C([2H])([2H])n1c(SC([2H])([2H])c2ccc(F)cc2)nc(=O)c2c1C([2H])([2H])C([2H])(C)C2([2H])[2H])C([2H])([2H])C([2H])([2H])N(CC)CC. The molecule has 12 aromatic rings. The Kier molecular flexibility index (Phi) is 21.3. The molecule has 0 bridgehead atoms. The minimum absolute atomic E-state index is 0.00775. The smallest absolute Gasteiger partial charge is 0.336 e. The molecule has 18 nitrogen and oxygen atoms in total. The van der Waals surface area contributed by atoms with Crippen LogP contribution in [-0.4, -0.2) is 154 Å². The number of halogens is 12. The highest BCUT2D eigenvalue weighted by Gasteiger charge is 2.36. The van der Waals surface area contributed by atoms with Gasteiger partial charge in [0.15, 0.2) is 15.5 Å². The predicted octanol–water partition coefficient (Wildman–Crippen LogP) is 22.5. The molecule has 3 aliphatic carbocycles. The van der Waals surface area contributed by atoms with Crippen LogP contribution in [0.5, 0.6) is 0 Å². The van der Waals surface area contributed by atoms with Crippen molar-refractivity contribution in [3.63, 3.8) is 0 Å². The van der Waals surface area contributed by atoms with Crippen molar-refractivity contribution in [3.05, 3.63) is 350 Å². The van der Waals surface area contributed by atoms with Gasteiger partial charge in [0.05, 0.1) is 53.7 Å². The van der Waals surface area contributed by atoms with Crippen molar-refractivity contribution < 1.29 is 134 Å². The number of aromatic nitrogens is 6. The molecule has 3 aromatic heterocycles. The zero-order valence-corrected chi connectivity index (χ0v) is 80.1. The Morgan fingerprint density at radius 3 is 1.06 bits per heavy atom. The van der Waals surface area contributed by atoms with Crippen LogP contribution in [-0.2, 0) is 127 Å². The molecule has 762 valence electrons. The molecule has 0 aliphatic heterocycles. The molecular weight excluding hydrogens is 1920 g/mol. The van der Waals surface area contributed by atoms with Crippen LogP contribution in [0.1, 0.15) is 218 Å². The lowest BCUT2D eigenvalue weighted by Crippen LogP contribution is -2.40. The summed E-state index contributed by atoms with van der Waals surface area (Å²) in [5.41, 5.74) is -28.9. The third kappa shape index (κ3) is 29.5. The first kappa shape index (κ1) is 60.9. The topological polar surface area (TPSA) is 175 Å². The molecule has 9 aromatic carbocycles. The summed E-state index contributed by atoms with van der Waals surface area (Å²) in [6.07, 6.45) is -28.4. The van der Waals surface area contributed by atoms with Gasteiger partial charge in [0.2, 0.25) is 17.7 Å². The molecule has 0 fully saturated rings. The van der Waals surface area contributed by atoms with E-state index in [1.165, 1.54) is 77.9 Å². The fraction of sp³-hybridized carbons (Fsp3) is 0.378. The molecule has 33 heteroatoms. The summed E-state index contributed by atoms with van der Waals surface area (Å²) < 4.78 is 599. The Balaban J connectivity index is 0.000000234. The summed E-state index contributed by atoms with van der Waals surface area (Å²) in [4.78, 5) is 99.9. The van der Waals surface area contributed by atoms with Crippen molar-refractivity contribution in [3.8, 4) is 33.4 Å². The first-order chi connectivity index (χ1) is 87.9. The molecule has 0 spiro atoms. The molecule has 0 saturated carbocycles. The molecule has 144 heavy (non-hydrogen) atoms. The lowest BCUT2D eigenvalue weighted by Gasteiger charge is -2.28. The molecule has 2 unspecified atom stereocenters. The van der Waals surface area contributed by atoms with Gasteiger partial charge < -0.3 is 43.1 Å². The molecule has 0 N–H and O–H groups in total. The lowest BCUT2D eigenvalue weighted by atomic mass is 9.98. The van der Waals surface area contributed by atoms with E-state index < -0.39 is 387 Å². The van der Waals surface area contributed by atoms with E-state index >= 15 is 14.4 Å². The van der Waals surface area contributed by atoms with Crippen LogP contribution in [0, 0.1) is 36.2 Å². The number of likely N-dealkylation sites (N-methyl/N-ethyl adjacent to an activating group) is 3. The monoisotopic (exact) mass is 2090 g/mol. The standard InChI is InChI=1S/3C37H40F4N4O2S/c2*1-4-43(5-2)18-19-44(22-26-6-10-28(11-7-26)29-12-14-30(15-13-29)37(39,40)41)34(46)23-45-33-21-25(3)20-32(33)35(47)42-36(45)48-24-27-8-16-31(38)17-9-27;1-4-43(5-2)19-20-44(22-26-9-13-28(14-10-26)29-15-18-32(25(3)21-29)37(39,40)41)34(46)23-45-33-8-6-7-31(33)35(47)42-36(45)48-24-27-11-16-30(38)17-12-27/h2*6-17,25H,4-5,18-24H2,1-3H3;9-18,21H,4-8,19-20,22-24H2,1-3H3/i6D,7D,10D,11D,12D,13D,14D,15D,18D2,19D2,20D2,21D2,23D2,24D2,25D;18D2,19D2,20D2,21D2,23D2,24D2,25D;9D,10D,13D,14D,15D,18D,19D2,20D2,21D,23D2,24D2. The maximum Gasteiger partial charge on any atom is 0.416 e. The third-order valence-corrected chi connectivity index (χ3v) is 23.4. The Bertz CT molecular complexity index is 9230. The van der Waals surface area contributed by atoms with Crippen molar-refractivity contribution >= 4 is 53.0 Å². The van der Waals surface area contributed by atoms with Gasteiger partial charge in [-0.25, -0.2) is 13.2 Å². The molecule has 2 atom stereocenters. The van der Waals surface area contributed by atoms with Gasteiger partial charge >= 0.3 is 18.5 Å². The number of benzene rings is 9. The van der Waals surface area contributed by atoms with Gasteiger partial charge in [0, 0.05) is 140 Å². The minimum atomic E-state index is -5.43. The zero-order valence-electron chi connectivity index (χ0n) is 127. The van der Waals surface area contributed by atoms with Crippen molar-refractivity contribution in [2.24, 2.45) is 11.8 Å². The molecule has 0 radical (unpaired) electrons. The van der Waals surface area contributed by atoms with Crippen molar-refractivity contribution in [1.29, 1.82) is 0 Å². The van der Waals surface area contributed by atoms with Crippen molar-refractivity contribution in [1.82, 2.24) is 58.1 Å². The number of thioether (sulfide) groups is 3. The molecule has 3 aliphatic rings. The Hall–Kier alpha value is -11.9. The van der Waals surface area contributed by atoms with Gasteiger partial charge in [-0.2, -0.15) is 54.5 Å². The second-order valence-electron chi connectivity index (χ2n) is 30.9. The number of hydrogen-bond acceptors (Lipinski definition) is 15. The van der Waals surface area contributed by atoms with Gasteiger partial charge in [-0.1, -0.05) is 236 Å². The van der Waals surface area contributed by atoms with E-state index in [0.717, 1.165) is 113 Å². The van der Waals surface area contributed by atoms with Crippen LogP contribution < -0.4 is 16.7 Å². The number of alkyl halides is 9. The number of nitrogens with zero attached hydrogens (tertiary/aromatic N) is 12. The largest absolute Gasteiger partial charge is 0.416 e. The maximum absolute atomic E-state index is 15.3. The Morgan fingerprint density at radius 1 is 0.382 bits per heavy atom. The zero-order chi connectivity index (χ0) is 147. The van der Waals surface area contributed by atoms with Crippen LogP contribution in [0.15, 0.2) is 242 Å². The number of carbonyl (C=O) groups excluding carboxylic acids is 3. The summed E-state index contributed by atoms with van der Waals surface area (Å²) in [5, 5.41) is -3.02. The van der Waals surface area contributed by atoms with E-state index in [2.05, 4.69) is 15.0 Å². The highest BCUT2D eigenvalue weighted by Crippen LogP contribution is 2.39. The predicted molar refractivity (Wildman–Crippen MR) is 544 cm³/mol. The minimum Gasteiger partial charge on any atom is -0.336 e. The summed E-state index contributed by atoms with van der Waals surface area (Å²) in [6.45, 7) is -26.6. The van der Waals surface area contributed by atoms with Gasteiger partial charge in [-0.05, 0) is 242 Å². The fourth-order valence-electron chi connectivity index (χ4n) is 13.4. The van der Waals surface area contributed by atoms with E-state index in [1.54, 1.807) is 0 Å². The lowest BCUT2D eigenvalue weighted by molar-refractivity contribution is -0.138. The highest BCUT2D eigenvalue weighted by molar-refractivity contribution is 7.98. The van der Waals surface area contributed by atoms with Crippen molar-refractivity contribution in [2.75, 3.05) is 78.2 Å². The normalized spacial score (nSPS) is 22.4. The van der Waals surface area contributed by atoms with Gasteiger partial charge in [-0.3, -0.25) is 28.8 Å². The molecule has 15 rings (SSSR count). The van der Waals surface area contributed by atoms with E-state index in [1.807, 2.05) is 0 Å². The van der Waals surface area contributed by atoms with E-state index in [-0.39, 0.29) is 151 Å². The summed E-state index contributed by atoms with van der Waals surface area (Å²) in [7, 11) is 0. The van der Waals surface area contributed by atoms with E-state index in [9.17, 15) is 83.5 Å². The molecule has 0 saturated heterocycles. The number of rotatable bonds is 39. The average molecular weight is 2090 g/mol. The maximum atomic E-state index is 15.3. The van der Waals surface area contributed by atoms with Gasteiger partial charge in [-0.15, -0.1) is 0 Å². The Labute approximate surface area is 913 Å². The van der Waals surface area contributed by atoms with Crippen LogP contribution >= 0.6 is 35.3 Å². The number of carbonyl (C=O) groups is 3. The van der Waals surface area contributed by atoms with Crippen LogP contribution in [0.2, 0.25) is 0 Å². The highest BCUT2D eigenvalue weighted by atomic mass is 32.2. The fourth-order valence-corrected chi connectivity index (χ4v) is 15.5. The summed E-state index contributed by atoms with van der Waals surface area (Å²) in [5.74, 6) is -14.4. The number of fused-ring (bicyclic) bond motifs is 3. The van der Waals surface area contributed by atoms with Crippen LogP contribution in [0.25, 0.3) is 33.4 Å². The molecule has 3 heterocycles.